The smallest absolute Gasteiger partial charge is 0.0468 e. The van der Waals surface area contributed by atoms with Gasteiger partial charge >= 0.3 is 0 Å². The summed E-state index contributed by atoms with van der Waals surface area (Å²) in [5, 5.41) is 1.35. The van der Waals surface area contributed by atoms with Crippen molar-refractivity contribution < 1.29 is 0 Å². The lowest BCUT2D eigenvalue weighted by molar-refractivity contribution is 0.634. The van der Waals surface area contributed by atoms with Gasteiger partial charge in [-0.3, -0.25) is 0 Å². The molecule has 1 aliphatic rings. The van der Waals surface area contributed by atoms with Crippen molar-refractivity contribution >= 4 is 35.6 Å². The van der Waals surface area contributed by atoms with Crippen LogP contribution in [0.3, 0.4) is 0 Å². The molecule has 1 aliphatic carbocycles. The monoisotopic (exact) mass is 251 g/mol. The first-order valence-electron chi connectivity index (χ1n) is 4.39. The average Bonchev–Trinajstić information content (AvgIpc) is 2.85. The zero-order chi connectivity index (χ0) is 9.42. The Morgan fingerprint density at radius 1 is 1.29 bits per heavy atom. The predicted octanol–water partition coefficient (Wildman–Crippen LogP) is 3.83. The molecule has 0 bridgehead atoms. The normalized spacial score (nSPS) is 17.4. The number of halogens is 3. The fraction of sp³-hybridized carbons (Fsp3) is 0.400. The maximum atomic E-state index is 6.03. The molecule has 0 heterocycles. The first kappa shape index (κ1) is 12.1. The SMILES string of the molecule is Cl.N[C@H](c1ccc(Cl)cc1Cl)C1CC1. The van der Waals surface area contributed by atoms with Crippen molar-refractivity contribution in [2.45, 2.75) is 18.9 Å². The molecule has 0 unspecified atom stereocenters. The van der Waals surface area contributed by atoms with Crippen LogP contribution in [0.2, 0.25) is 10.0 Å². The highest BCUT2D eigenvalue weighted by molar-refractivity contribution is 6.35. The lowest BCUT2D eigenvalue weighted by atomic mass is 10.0. The number of nitrogens with two attached hydrogens (primary N) is 1. The van der Waals surface area contributed by atoms with E-state index < -0.39 is 0 Å². The Hall–Kier alpha value is 0.0500. The van der Waals surface area contributed by atoms with Gasteiger partial charge in [-0.25, -0.2) is 0 Å². The molecule has 0 amide bonds. The first-order chi connectivity index (χ1) is 6.18. The quantitative estimate of drug-likeness (QED) is 0.851. The molecular weight excluding hydrogens is 240 g/mol. The van der Waals surface area contributed by atoms with Crippen molar-refractivity contribution in [3.8, 4) is 0 Å². The zero-order valence-electron chi connectivity index (χ0n) is 7.54. The third-order valence-corrected chi connectivity index (χ3v) is 3.01. The summed E-state index contributed by atoms with van der Waals surface area (Å²) < 4.78 is 0. The first-order valence-corrected chi connectivity index (χ1v) is 5.14. The minimum absolute atomic E-state index is 0. The summed E-state index contributed by atoms with van der Waals surface area (Å²) in [4.78, 5) is 0. The van der Waals surface area contributed by atoms with Gasteiger partial charge in [0.05, 0.1) is 0 Å². The van der Waals surface area contributed by atoms with E-state index in [2.05, 4.69) is 0 Å². The van der Waals surface area contributed by atoms with E-state index >= 15 is 0 Å². The number of benzene rings is 1. The largest absolute Gasteiger partial charge is 0.324 e. The van der Waals surface area contributed by atoms with E-state index in [0.717, 1.165) is 5.56 Å². The Morgan fingerprint density at radius 3 is 2.43 bits per heavy atom. The molecule has 0 radical (unpaired) electrons. The van der Waals surface area contributed by atoms with Gasteiger partial charge < -0.3 is 5.73 Å². The highest BCUT2D eigenvalue weighted by atomic mass is 35.5. The average molecular weight is 253 g/mol. The molecule has 0 saturated heterocycles. The van der Waals surface area contributed by atoms with Crippen LogP contribution < -0.4 is 5.73 Å². The fourth-order valence-electron chi connectivity index (χ4n) is 1.48. The van der Waals surface area contributed by atoms with Crippen LogP contribution in [-0.4, -0.2) is 0 Å². The highest BCUT2D eigenvalue weighted by Crippen LogP contribution is 2.41. The van der Waals surface area contributed by atoms with Crippen LogP contribution >= 0.6 is 35.6 Å². The Morgan fingerprint density at radius 2 is 1.93 bits per heavy atom. The molecule has 2 rings (SSSR count). The van der Waals surface area contributed by atoms with Crippen LogP contribution in [0, 0.1) is 5.92 Å². The van der Waals surface area contributed by atoms with Gasteiger partial charge in [0.25, 0.3) is 0 Å². The zero-order valence-corrected chi connectivity index (χ0v) is 9.87. The standard InChI is InChI=1S/C10H11Cl2N.ClH/c11-7-3-4-8(9(12)5-7)10(13)6-1-2-6;/h3-6,10H,1-2,13H2;1H/t10-;/m0./s1. The second-order valence-electron chi connectivity index (χ2n) is 3.53. The van der Waals surface area contributed by atoms with Crippen molar-refractivity contribution in [1.82, 2.24) is 0 Å². The van der Waals surface area contributed by atoms with Crippen LogP contribution in [0.1, 0.15) is 24.4 Å². The molecule has 14 heavy (non-hydrogen) atoms. The molecule has 1 aromatic rings. The molecule has 1 aromatic carbocycles. The second-order valence-corrected chi connectivity index (χ2v) is 4.37. The number of hydrogen-bond donors (Lipinski definition) is 1. The highest BCUT2D eigenvalue weighted by Gasteiger charge is 2.30. The molecule has 0 aliphatic heterocycles. The number of hydrogen-bond acceptors (Lipinski definition) is 1. The van der Waals surface area contributed by atoms with Crippen molar-refractivity contribution in [3.63, 3.8) is 0 Å². The summed E-state index contributed by atoms with van der Waals surface area (Å²) in [6.45, 7) is 0. The molecule has 0 aromatic heterocycles. The van der Waals surface area contributed by atoms with Crippen LogP contribution in [0.25, 0.3) is 0 Å². The van der Waals surface area contributed by atoms with Crippen molar-refractivity contribution in [2.24, 2.45) is 11.7 Å². The van der Waals surface area contributed by atoms with Crippen molar-refractivity contribution in [3.05, 3.63) is 33.8 Å². The molecule has 1 saturated carbocycles. The maximum Gasteiger partial charge on any atom is 0.0468 e. The van der Waals surface area contributed by atoms with Crippen LogP contribution in [-0.2, 0) is 0 Å². The van der Waals surface area contributed by atoms with E-state index in [1.54, 1.807) is 6.07 Å². The summed E-state index contributed by atoms with van der Waals surface area (Å²) in [5.41, 5.74) is 7.05. The third kappa shape index (κ3) is 2.54. The molecule has 1 atom stereocenters. The minimum atomic E-state index is 0. The van der Waals surface area contributed by atoms with Gasteiger partial charge in [0.15, 0.2) is 0 Å². The molecule has 0 spiro atoms. The Kier molecular flexibility index (Phi) is 4.08. The van der Waals surface area contributed by atoms with Crippen LogP contribution in [0.4, 0.5) is 0 Å². The summed E-state index contributed by atoms with van der Waals surface area (Å²) in [6, 6.07) is 5.60. The summed E-state index contributed by atoms with van der Waals surface area (Å²) in [5.74, 6) is 0.624. The Labute approximate surface area is 100.0 Å². The second kappa shape index (κ2) is 4.71. The van der Waals surface area contributed by atoms with Crippen molar-refractivity contribution in [1.29, 1.82) is 0 Å². The lowest BCUT2D eigenvalue weighted by Gasteiger charge is -2.12. The Balaban J connectivity index is 0.000000980. The van der Waals surface area contributed by atoms with Gasteiger partial charge in [-0.1, -0.05) is 29.3 Å². The van der Waals surface area contributed by atoms with E-state index in [0.29, 0.717) is 16.0 Å². The molecule has 78 valence electrons. The van der Waals surface area contributed by atoms with E-state index in [-0.39, 0.29) is 18.4 Å². The molecule has 2 N–H and O–H groups in total. The van der Waals surface area contributed by atoms with E-state index in [9.17, 15) is 0 Å². The van der Waals surface area contributed by atoms with Gasteiger partial charge in [0.2, 0.25) is 0 Å². The number of rotatable bonds is 2. The summed E-state index contributed by atoms with van der Waals surface area (Å²) in [6.07, 6.45) is 2.44. The maximum absolute atomic E-state index is 6.03. The van der Waals surface area contributed by atoms with Crippen LogP contribution in [0.15, 0.2) is 18.2 Å². The molecule has 1 nitrogen and oxygen atoms in total. The third-order valence-electron chi connectivity index (χ3n) is 2.45. The fourth-order valence-corrected chi connectivity index (χ4v) is 2.02. The predicted molar refractivity (Wildman–Crippen MR) is 63.4 cm³/mol. The van der Waals surface area contributed by atoms with Gasteiger partial charge in [-0.2, -0.15) is 0 Å². The summed E-state index contributed by atoms with van der Waals surface area (Å²) in [7, 11) is 0. The van der Waals surface area contributed by atoms with Gasteiger partial charge in [-0.15, -0.1) is 12.4 Å². The molecular formula is C10H12Cl3N. The Bertz CT molecular complexity index is 323. The van der Waals surface area contributed by atoms with E-state index in [1.807, 2.05) is 12.1 Å². The molecule has 4 heteroatoms. The van der Waals surface area contributed by atoms with E-state index in [4.69, 9.17) is 28.9 Å². The van der Waals surface area contributed by atoms with E-state index in [1.165, 1.54) is 12.8 Å². The van der Waals surface area contributed by atoms with Crippen molar-refractivity contribution in [2.75, 3.05) is 0 Å². The van der Waals surface area contributed by atoms with Crippen LogP contribution in [0.5, 0.6) is 0 Å². The topological polar surface area (TPSA) is 26.0 Å². The molecule has 1 fully saturated rings. The minimum Gasteiger partial charge on any atom is -0.324 e. The lowest BCUT2D eigenvalue weighted by Crippen LogP contribution is -2.12. The van der Waals surface area contributed by atoms with Gasteiger partial charge in [0, 0.05) is 16.1 Å². The summed E-state index contributed by atoms with van der Waals surface area (Å²) >= 11 is 11.8. The van der Waals surface area contributed by atoms with Gasteiger partial charge in [0.1, 0.15) is 0 Å². The van der Waals surface area contributed by atoms with Gasteiger partial charge in [-0.05, 0) is 36.5 Å².